The Morgan fingerprint density at radius 2 is 2.12 bits per heavy atom. The lowest BCUT2D eigenvalue weighted by Gasteiger charge is -2.12. The summed E-state index contributed by atoms with van der Waals surface area (Å²) < 4.78 is 42.6. The van der Waals surface area contributed by atoms with Crippen molar-refractivity contribution in [2.45, 2.75) is 6.18 Å². The second kappa shape index (κ2) is 4.71. The van der Waals surface area contributed by atoms with Crippen molar-refractivity contribution in [2.75, 3.05) is 6.61 Å². The van der Waals surface area contributed by atoms with Gasteiger partial charge in [0.1, 0.15) is 12.4 Å². The lowest BCUT2D eigenvalue weighted by molar-refractivity contribution is -0.138. The van der Waals surface area contributed by atoms with Crippen LogP contribution in [0.5, 0.6) is 5.75 Å². The number of hydrogen-bond donors (Lipinski definition) is 0. The van der Waals surface area contributed by atoms with Gasteiger partial charge in [0.2, 0.25) is 0 Å². The Morgan fingerprint density at radius 1 is 1.44 bits per heavy atom. The zero-order chi connectivity index (χ0) is 12.2. The highest BCUT2D eigenvalue weighted by Gasteiger charge is 2.34. The Kier molecular flexibility index (Phi) is 3.56. The SMILES string of the molecule is C=CCOc1ccc(C#N)cc1C(F)(F)F. The van der Waals surface area contributed by atoms with Crippen molar-refractivity contribution in [1.82, 2.24) is 0 Å². The van der Waals surface area contributed by atoms with Crippen molar-refractivity contribution in [3.05, 3.63) is 42.0 Å². The first-order valence-corrected chi connectivity index (χ1v) is 4.34. The summed E-state index contributed by atoms with van der Waals surface area (Å²) in [4.78, 5) is 0. The van der Waals surface area contributed by atoms with Gasteiger partial charge in [0.05, 0.1) is 17.2 Å². The van der Waals surface area contributed by atoms with Gasteiger partial charge in [-0.15, -0.1) is 0 Å². The van der Waals surface area contributed by atoms with Gasteiger partial charge in [-0.3, -0.25) is 0 Å². The molecule has 1 aromatic rings. The first kappa shape index (κ1) is 12.1. The molecule has 5 heteroatoms. The van der Waals surface area contributed by atoms with Crippen molar-refractivity contribution in [1.29, 1.82) is 5.26 Å². The summed E-state index contributed by atoms with van der Waals surface area (Å²) in [7, 11) is 0. The zero-order valence-electron chi connectivity index (χ0n) is 8.21. The average molecular weight is 227 g/mol. The average Bonchev–Trinajstić information content (AvgIpc) is 2.25. The van der Waals surface area contributed by atoms with Crippen LogP contribution in [0.2, 0.25) is 0 Å². The fraction of sp³-hybridized carbons (Fsp3) is 0.182. The van der Waals surface area contributed by atoms with Crippen LogP contribution in [-0.2, 0) is 6.18 Å². The molecule has 0 bridgehead atoms. The summed E-state index contributed by atoms with van der Waals surface area (Å²) in [5.74, 6) is -0.300. The molecule has 0 radical (unpaired) electrons. The van der Waals surface area contributed by atoms with Crippen LogP contribution in [0.25, 0.3) is 0 Å². The third-order valence-electron chi connectivity index (χ3n) is 1.77. The largest absolute Gasteiger partial charge is 0.489 e. The van der Waals surface area contributed by atoms with Gasteiger partial charge in [-0.2, -0.15) is 18.4 Å². The minimum atomic E-state index is -4.54. The van der Waals surface area contributed by atoms with Gasteiger partial charge in [-0.05, 0) is 18.2 Å². The molecule has 0 aliphatic carbocycles. The van der Waals surface area contributed by atoms with Crippen molar-refractivity contribution >= 4 is 0 Å². The van der Waals surface area contributed by atoms with Crippen molar-refractivity contribution < 1.29 is 17.9 Å². The van der Waals surface area contributed by atoms with E-state index in [0.29, 0.717) is 0 Å². The Labute approximate surface area is 90.6 Å². The number of benzene rings is 1. The van der Waals surface area contributed by atoms with Crippen LogP contribution in [0.1, 0.15) is 11.1 Å². The monoisotopic (exact) mass is 227 g/mol. The fourth-order valence-corrected chi connectivity index (χ4v) is 1.10. The Balaban J connectivity index is 3.17. The number of alkyl halides is 3. The summed E-state index contributed by atoms with van der Waals surface area (Å²) >= 11 is 0. The lowest BCUT2D eigenvalue weighted by Crippen LogP contribution is -2.09. The van der Waals surface area contributed by atoms with E-state index >= 15 is 0 Å². The van der Waals surface area contributed by atoms with Crippen molar-refractivity contribution in [3.63, 3.8) is 0 Å². The second-order valence-electron chi connectivity index (χ2n) is 2.92. The Hall–Kier alpha value is -1.96. The molecule has 1 rings (SSSR count). The van der Waals surface area contributed by atoms with E-state index in [2.05, 4.69) is 6.58 Å². The summed E-state index contributed by atoms with van der Waals surface area (Å²) in [6.07, 6.45) is -3.19. The summed E-state index contributed by atoms with van der Waals surface area (Å²) in [6.45, 7) is 3.32. The molecule has 0 N–H and O–H groups in total. The van der Waals surface area contributed by atoms with Gasteiger partial charge >= 0.3 is 6.18 Å². The molecule has 0 amide bonds. The highest BCUT2D eigenvalue weighted by molar-refractivity contribution is 5.43. The standard InChI is InChI=1S/C11H8F3NO/c1-2-5-16-10-4-3-8(7-15)6-9(10)11(12,13)14/h2-4,6H,1,5H2. The molecule has 1 aromatic carbocycles. The second-order valence-corrected chi connectivity index (χ2v) is 2.92. The fourth-order valence-electron chi connectivity index (χ4n) is 1.10. The minimum absolute atomic E-state index is 0.0189. The van der Waals surface area contributed by atoms with Gasteiger partial charge in [-0.25, -0.2) is 0 Å². The molecule has 0 atom stereocenters. The molecule has 84 valence electrons. The predicted molar refractivity (Wildman–Crippen MR) is 51.9 cm³/mol. The van der Waals surface area contributed by atoms with E-state index in [-0.39, 0.29) is 17.9 Å². The molecule has 0 heterocycles. The van der Waals surface area contributed by atoms with E-state index in [1.54, 1.807) is 6.07 Å². The van der Waals surface area contributed by atoms with E-state index in [0.717, 1.165) is 12.1 Å². The molecule has 0 aliphatic rings. The van der Waals surface area contributed by atoms with E-state index in [9.17, 15) is 13.2 Å². The topological polar surface area (TPSA) is 33.0 Å². The number of halogens is 3. The molecule has 0 fully saturated rings. The predicted octanol–water partition coefficient (Wildman–Crippen LogP) is 3.14. The van der Waals surface area contributed by atoms with Crippen molar-refractivity contribution in [2.24, 2.45) is 0 Å². The van der Waals surface area contributed by atoms with Gasteiger partial charge in [0.25, 0.3) is 0 Å². The number of rotatable bonds is 3. The maximum absolute atomic E-state index is 12.6. The molecular formula is C11H8F3NO. The van der Waals surface area contributed by atoms with Crippen LogP contribution >= 0.6 is 0 Å². The van der Waals surface area contributed by atoms with Gasteiger partial charge in [-0.1, -0.05) is 12.7 Å². The normalized spacial score (nSPS) is 10.6. The first-order chi connectivity index (χ1) is 7.49. The Morgan fingerprint density at radius 3 is 2.62 bits per heavy atom. The third kappa shape index (κ3) is 2.76. The molecule has 0 saturated heterocycles. The maximum Gasteiger partial charge on any atom is 0.420 e. The van der Waals surface area contributed by atoms with E-state index in [1.807, 2.05) is 0 Å². The Bertz CT molecular complexity index is 432. The van der Waals surface area contributed by atoms with E-state index < -0.39 is 11.7 Å². The molecular weight excluding hydrogens is 219 g/mol. The molecule has 2 nitrogen and oxygen atoms in total. The van der Waals surface area contributed by atoms with Gasteiger partial charge < -0.3 is 4.74 Å². The van der Waals surface area contributed by atoms with Gasteiger partial charge in [0.15, 0.2) is 0 Å². The van der Waals surface area contributed by atoms with Crippen LogP contribution in [0.15, 0.2) is 30.9 Å². The van der Waals surface area contributed by atoms with E-state index in [1.165, 1.54) is 12.1 Å². The minimum Gasteiger partial charge on any atom is -0.489 e. The smallest absolute Gasteiger partial charge is 0.420 e. The molecule has 0 aliphatic heterocycles. The highest BCUT2D eigenvalue weighted by atomic mass is 19.4. The van der Waals surface area contributed by atoms with Crippen LogP contribution in [-0.4, -0.2) is 6.61 Å². The highest BCUT2D eigenvalue weighted by Crippen LogP contribution is 2.36. The number of nitrogens with zero attached hydrogens (tertiary/aromatic N) is 1. The number of hydrogen-bond acceptors (Lipinski definition) is 2. The van der Waals surface area contributed by atoms with Crippen molar-refractivity contribution in [3.8, 4) is 11.8 Å². The van der Waals surface area contributed by atoms with E-state index in [4.69, 9.17) is 10.00 Å². The summed E-state index contributed by atoms with van der Waals surface area (Å²) in [5, 5.41) is 8.52. The lowest BCUT2D eigenvalue weighted by atomic mass is 10.1. The third-order valence-corrected chi connectivity index (χ3v) is 1.77. The van der Waals surface area contributed by atoms with Crippen LogP contribution in [0.3, 0.4) is 0 Å². The summed E-state index contributed by atoms with van der Waals surface area (Å²) in [5.41, 5.74) is -1.01. The quantitative estimate of drug-likeness (QED) is 0.743. The first-order valence-electron chi connectivity index (χ1n) is 4.34. The maximum atomic E-state index is 12.6. The zero-order valence-corrected chi connectivity index (χ0v) is 8.21. The molecule has 0 unspecified atom stereocenters. The van der Waals surface area contributed by atoms with Crippen LogP contribution in [0, 0.1) is 11.3 Å². The molecule has 0 saturated carbocycles. The molecule has 0 spiro atoms. The number of nitriles is 1. The summed E-state index contributed by atoms with van der Waals surface area (Å²) in [6, 6.07) is 4.81. The van der Waals surface area contributed by atoms with Gasteiger partial charge in [0, 0.05) is 0 Å². The van der Waals surface area contributed by atoms with Crippen LogP contribution in [0.4, 0.5) is 13.2 Å². The van der Waals surface area contributed by atoms with Crippen LogP contribution < -0.4 is 4.74 Å². The number of ether oxygens (including phenoxy) is 1. The molecule has 16 heavy (non-hydrogen) atoms. The molecule has 0 aromatic heterocycles.